The first-order chi connectivity index (χ1) is 14.3. The number of hydrogen-bond acceptors (Lipinski definition) is 4. The van der Waals surface area contributed by atoms with Gasteiger partial charge in [-0.3, -0.25) is 9.59 Å². The summed E-state index contributed by atoms with van der Waals surface area (Å²) in [7, 11) is 2.13. The standard InChI is InChI=1S/C26H30N2O2/c1-15-14-26(2,3)28(4)20-12-11-16(13-17(15)20)23-24-18(7-5-9-21(24)29)27-19-8-6-10-22(30)25(19)23/h11-14,23,27H,5-10H2,1-4H3. The van der Waals surface area contributed by atoms with E-state index in [0.717, 1.165) is 53.8 Å². The molecule has 1 N–H and O–H groups in total. The van der Waals surface area contributed by atoms with Crippen molar-refractivity contribution < 1.29 is 9.59 Å². The van der Waals surface area contributed by atoms with E-state index in [2.05, 4.69) is 62.3 Å². The highest BCUT2D eigenvalue weighted by atomic mass is 16.1. The number of carbonyl (C=O) groups excluding carboxylic acids is 2. The minimum absolute atomic E-state index is 0.0442. The molecule has 2 aliphatic heterocycles. The van der Waals surface area contributed by atoms with Crippen LogP contribution >= 0.6 is 0 Å². The Morgan fingerprint density at radius 1 is 0.967 bits per heavy atom. The van der Waals surface area contributed by atoms with Crippen LogP contribution in [0.25, 0.3) is 5.57 Å². The molecular formula is C26H30N2O2. The Hall–Kier alpha value is -2.62. The van der Waals surface area contributed by atoms with Crippen LogP contribution in [-0.2, 0) is 9.59 Å². The van der Waals surface area contributed by atoms with E-state index in [9.17, 15) is 9.59 Å². The Morgan fingerprint density at radius 2 is 1.57 bits per heavy atom. The number of benzene rings is 1. The van der Waals surface area contributed by atoms with Crippen molar-refractivity contribution in [3.63, 3.8) is 0 Å². The lowest BCUT2D eigenvalue weighted by molar-refractivity contribution is -0.116. The molecule has 0 radical (unpaired) electrons. The third kappa shape index (κ3) is 2.80. The van der Waals surface area contributed by atoms with Gasteiger partial charge in [-0.05, 0) is 69.7 Å². The lowest BCUT2D eigenvalue weighted by Gasteiger charge is -2.41. The second-order valence-electron chi connectivity index (χ2n) is 9.71. The van der Waals surface area contributed by atoms with Crippen LogP contribution in [0.1, 0.15) is 76.3 Å². The van der Waals surface area contributed by atoms with Crippen molar-refractivity contribution in [2.24, 2.45) is 0 Å². The molecule has 0 saturated heterocycles. The van der Waals surface area contributed by atoms with E-state index in [1.807, 2.05) is 0 Å². The minimum Gasteiger partial charge on any atom is -0.366 e. The molecule has 0 atom stereocenters. The van der Waals surface area contributed by atoms with Crippen LogP contribution in [0.15, 0.2) is 46.8 Å². The van der Waals surface area contributed by atoms with Crippen LogP contribution in [0.2, 0.25) is 0 Å². The van der Waals surface area contributed by atoms with Crippen molar-refractivity contribution in [3.8, 4) is 0 Å². The monoisotopic (exact) mass is 402 g/mol. The van der Waals surface area contributed by atoms with E-state index in [1.54, 1.807) is 0 Å². The fourth-order valence-corrected chi connectivity index (χ4v) is 5.67. The molecule has 0 amide bonds. The Kier molecular flexibility index (Phi) is 4.32. The molecule has 156 valence electrons. The quantitative estimate of drug-likeness (QED) is 0.717. The molecule has 0 unspecified atom stereocenters. The number of nitrogens with zero attached hydrogens (tertiary/aromatic N) is 1. The highest BCUT2D eigenvalue weighted by Crippen LogP contribution is 2.47. The summed E-state index contributed by atoms with van der Waals surface area (Å²) in [6.07, 6.45) is 7.02. The number of carbonyl (C=O) groups is 2. The normalized spacial score (nSPS) is 23.6. The van der Waals surface area contributed by atoms with E-state index < -0.39 is 0 Å². The predicted molar refractivity (Wildman–Crippen MR) is 120 cm³/mol. The summed E-state index contributed by atoms with van der Waals surface area (Å²) in [6, 6.07) is 6.53. The summed E-state index contributed by atoms with van der Waals surface area (Å²) < 4.78 is 0. The number of Topliss-reactive ketones (excluding diaryl/α,β-unsaturated/α-hetero) is 2. The molecule has 1 aromatic rings. The fraction of sp³-hybridized carbons (Fsp3) is 0.462. The first kappa shape index (κ1) is 19.3. The highest BCUT2D eigenvalue weighted by molar-refractivity contribution is 6.06. The second-order valence-corrected chi connectivity index (χ2v) is 9.71. The van der Waals surface area contributed by atoms with Crippen molar-refractivity contribution in [2.45, 2.75) is 70.8 Å². The van der Waals surface area contributed by atoms with Crippen molar-refractivity contribution in [3.05, 3.63) is 57.9 Å². The number of allylic oxidation sites excluding steroid dienone is 5. The maximum absolute atomic E-state index is 13.0. The van der Waals surface area contributed by atoms with Crippen LogP contribution < -0.4 is 10.2 Å². The van der Waals surface area contributed by atoms with E-state index >= 15 is 0 Å². The lowest BCUT2D eigenvalue weighted by atomic mass is 9.71. The Labute approximate surface area is 178 Å². The van der Waals surface area contributed by atoms with Crippen molar-refractivity contribution in [2.75, 3.05) is 11.9 Å². The van der Waals surface area contributed by atoms with Crippen LogP contribution in [0.5, 0.6) is 0 Å². The molecule has 4 heteroatoms. The number of ketones is 2. The topological polar surface area (TPSA) is 49.4 Å². The number of dihydropyridines is 1. The van der Waals surface area contributed by atoms with Gasteiger partial charge in [0.1, 0.15) is 0 Å². The molecule has 2 aliphatic carbocycles. The smallest absolute Gasteiger partial charge is 0.161 e. The molecule has 30 heavy (non-hydrogen) atoms. The summed E-state index contributed by atoms with van der Waals surface area (Å²) in [6.45, 7) is 6.60. The molecule has 2 heterocycles. The van der Waals surface area contributed by atoms with Crippen LogP contribution in [0.3, 0.4) is 0 Å². The summed E-state index contributed by atoms with van der Waals surface area (Å²) >= 11 is 0. The van der Waals surface area contributed by atoms with Gasteiger partial charge in [-0.2, -0.15) is 0 Å². The Bertz CT molecular complexity index is 1030. The van der Waals surface area contributed by atoms with Gasteiger partial charge >= 0.3 is 0 Å². The maximum Gasteiger partial charge on any atom is 0.161 e. The Balaban J connectivity index is 1.69. The average molecular weight is 403 g/mol. The first-order valence-corrected chi connectivity index (χ1v) is 11.1. The molecule has 0 aromatic heterocycles. The van der Waals surface area contributed by atoms with Crippen molar-refractivity contribution in [1.29, 1.82) is 0 Å². The van der Waals surface area contributed by atoms with E-state index in [4.69, 9.17) is 0 Å². The van der Waals surface area contributed by atoms with Gasteiger partial charge in [0.2, 0.25) is 0 Å². The summed E-state index contributed by atoms with van der Waals surface area (Å²) in [5.74, 6) is 0.166. The van der Waals surface area contributed by atoms with Crippen molar-refractivity contribution in [1.82, 2.24) is 5.32 Å². The largest absolute Gasteiger partial charge is 0.366 e. The van der Waals surface area contributed by atoms with Crippen LogP contribution in [0, 0.1) is 0 Å². The Morgan fingerprint density at radius 3 is 2.17 bits per heavy atom. The maximum atomic E-state index is 13.0. The molecule has 5 rings (SSSR count). The zero-order valence-electron chi connectivity index (χ0n) is 18.4. The lowest BCUT2D eigenvalue weighted by Crippen LogP contribution is -2.42. The minimum atomic E-state index is -0.227. The third-order valence-corrected chi connectivity index (χ3v) is 7.37. The number of rotatable bonds is 1. The van der Waals surface area contributed by atoms with E-state index in [0.29, 0.717) is 12.8 Å². The number of likely N-dealkylation sites (N-methyl/N-ethyl adjacent to an activating group) is 1. The molecule has 4 nitrogen and oxygen atoms in total. The van der Waals surface area contributed by atoms with Crippen LogP contribution in [-0.4, -0.2) is 24.2 Å². The van der Waals surface area contributed by atoms with Gasteiger partial charge in [0, 0.05) is 59.6 Å². The first-order valence-electron chi connectivity index (χ1n) is 11.1. The zero-order chi connectivity index (χ0) is 21.2. The van der Waals surface area contributed by atoms with Gasteiger partial charge in [-0.15, -0.1) is 0 Å². The average Bonchev–Trinajstić information content (AvgIpc) is 2.70. The van der Waals surface area contributed by atoms with Gasteiger partial charge in [0.25, 0.3) is 0 Å². The summed E-state index contributed by atoms with van der Waals surface area (Å²) in [5, 5.41) is 3.50. The van der Waals surface area contributed by atoms with Gasteiger partial charge < -0.3 is 10.2 Å². The number of nitrogens with one attached hydrogen (secondary N) is 1. The highest BCUT2D eigenvalue weighted by Gasteiger charge is 2.40. The molecule has 0 saturated carbocycles. The molecule has 0 spiro atoms. The van der Waals surface area contributed by atoms with Crippen LogP contribution in [0.4, 0.5) is 5.69 Å². The third-order valence-electron chi connectivity index (χ3n) is 7.37. The molecule has 1 aromatic carbocycles. The number of hydrogen-bond donors (Lipinski definition) is 1. The summed E-state index contributed by atoms with van der Waals surface area (Å²) in [5.41, 5.74) is 8.44. The molecular weight excluding hydrogens is 372 g/mol. The number of anilines is 1. The molecule has 4 aliphatic rings. The predicted octanol–water partition coefficient (Wildman–Crippen LogP) is 5.02. The van der Waals surface area contributed by atoms with Gasteiger partial charge in [-0.25, -0.2) is 0 Å². The molecule has 0 bridgehead atoms. The molecule has 0 fully saturated rings. The number of fused-ring (bicyclic) bond motifs is 1. The second kappa shape index (κ2) is 6.69. The summed E-state index contributed by atoms with van der Waals surface area (Å²) in [4.78, 5) is 28.4. The van der Waals surface area contributed by atoms with Crippen molar-refractivity contribution >= 4 is 22.8 Å². The van der Waals surface area contributed by atoms with E-state index in [1.165, 1.54) is 16.8 Å². The zero-order valence-corrected chi connectivity index (χ0v) is 18.4. The fourth-order valence-electron chi connectivity index (χ4n) is 5.67. The van der Waals surface area contributed by atoms with Gasteiger partial charge in [0.05, 0.1) is 5.54 Å². The SMILES string of the molecule is CC1=CC(C)(C)N(C)c2ccc(C3C4=C(CCCC4=O)NC4=C3C(=O)CCC4)cc21. The van der Waals surface area contributed by atoms with Gasteiger partial charge in [0.15, 0.2) is 11.6 Å². The van der Waals surface area contributed by atoms with Gasteiger partial charge in [-0.1, -0.05) is 12.1 Å². The van der Waals surface area contributed by atoms with E-state index in [-0.39, 0.29) is 23.0 Å².